The topological polar surface area (TPSA) is 39.7 Å². The Bertz CT molecular complexity index is 366. The molecule has 0 amide bonds. The van der Waals surface area contributed by atoms with Crippen molar-refractivity contribution in [2.75, 3.05) is 34.0 Å². The van der Waals surface area contributed by atoms with Crippen LogP contribution in [0.15, 0.2) is 18.2 Å². The highest BCUT2D eigenvalue weighted by Gasteiger charge is 2.06. The van der Waals surface area contributed by atoms with Gasteiger partial charge >= 0.3 is 0 Å². The third-order valence-corrected chi connectivity index (χ3v) is 2.64. The molecule has 108 valence electrons. The molecule has 1 aromatic carbocycles. The zero-order chi connectivity index (χ0) is 14.1. The molecule has 4 nitrogen and oxygen atoms in total. The Hall–Kier alpha value is -1.26. The van der Waals surface area contributed by atoms with Gasteiger partial charge in [0.05, 0.1) is 20.3 Å². The Morgan fingerprint density at radius 2 is 2.00 bits per heavy atom. The van der Waals surface area contributed by atoms with E-state index in [9.17, 15) is 0 Å². The first kappa shape index (κ1) is 15.8. The van der Waals surface area contributed by atoms with Crippen LogP contribution < -0.4 is 14.8 Å². The van der Waals surface area contributed by atoms with Gasteiger partial charge in [0, 0.05) is 25.8 Å². The summed E-state index contributed by atoms with van der Waals surface area (Å²) in [7, 11) is 3.37. The Balaban J connectivity index is 2.66. The monoisotopic (exact) mass is 267 g/mol. The molecule has 0 radical (unpaired) electrons. The normalized spacial score (nSPS) is 10.8. The van der Waals surface area contributed by atoms with Crippen LogP contribution in [0.25, 0.3) is 0 Å². The largest absolute Gasteiger partial charge is 0.497 e. The first-order valence-electron chi connectivity index (χ1n) is 6.66. The van der Waals surface area contributed by atoms with Crippen molar-refractivity contribution in [1.29, 1.82) is 0 Å². The lowest BCUT2D eigenvalue weighted by Gasteiger charge is -2.15. The van der Waals surface area contributed by atoms with Crippen molar-refractivity contribution >= 4 is 0 Å². The third kappa shape index (κ3) is 5.94. The quantitative estimate of drug-likeness (QED) is 0.698. The van der Waals surface area contributed by atoms with E-state index in [-0.39, 0.29) is 0 Å². The average Bonchev–Trinajstić information content (AvgIpc) is 2.41. The lowest BCUT2D eigenvalue weighted by Crippen LogP contribution is -2.19. The second-order valence-corrected chi connectivity index (χ2v) is 4.85. The summed E-state index contributed by atoms with van der Waals surface area (Å²) in [5.41, 5.74) is 1.11. The molecular formula is C15H25NO3. The molecule has 0 saturated carbocycles. The van der Waals surface area contributed by atoms with E-state index in [0.29, 0.717) is 12.5 Å². The molecule has 0 aliphatic rings. The Kier molecular flexibility index (Phi) is 7.30. The van der Waals surface area contributed by atoms with Gasteiger partial charge in [-0.05, 0) is 24.1 Å². The van der Waals surface area contributed by atoms with Crippen LogP contribution in [0.3, 0.4) is 0 Å². The predicted octanol–water partition coefficient (Wildman–Crippen LogP) is 2.47. The van der Waals surface area contributed by atoms with Gasteiger partial charge < -0.3 is 19.5 Å². The van der Waals surface area contributed by atoms with Gasteiger partial charge in [-0.2, -0.15) is 0 Å². The van der Waals surface area contributed by atoms with Gasteiger partial charge in [0.1, 0.15) is 11.5 Å². The molecule has 0 spiro atoms. The van der Waals surface area contributed by atoms with Crippen LogP contribution in [0, 0.1) is 5.92 Å². The zero-order valence-electron chi connectivity index (χ0n) is 12.4. The van der Waals surface area contributed by atoms with E-state index in [2.05, 4.69) is 19.2 Å². The fraction of sp³-hybridized carbons (Fsp3) is 0.600. The van der Waals surface area contributed by atoms with Gasteiger partial charge in [-0.1, -0.05) is 13.8 Å². The van der Waals surface area contributed by atoms with Crippen LogP contribution in [-0.4, -0.2) is 34.0 Å². The number of benzene rings is 1. The molecule has 19 heavy (non-hydrogen) atoms. The van der Waals surface area contributed by atoms with E-state index in [1.807, 2.05) is 18.2 Å². The van der Waals surface area contributed by atoms with Crippen molar-refractivity contribution in [3.63, 3.8) is 0 Å². The van der Waals surface area contributed by atoms with Crippen molar-refractivity contribution in [3.8, 4) is 11.5 Å². The maximum atomic E-state index is 5.83. The van der Waals surface area contributed by atoms with Crippen molar-refractivity contribution in [1.82, 2.24) is 5.32 Å². The predicted molar refractivity (Wildman–Crippen MR) is 76.9 cm³/mol. The van der Waals surface area contributed by atoms with E-state index in [1.165, 1.54) is 0 Å². The summed E-state index contributed by atoms with van der Waals surface area (Å²) in [6, 6.07) is 5.90. The summed E-state index contributed by atoms with van der Waals surface area (Å²) in [4.78, 5) is 0. The standard InChI is InChI=1S/C15H25NO3/c1-12(2)11-19-15-6-5-14(18-4)9-13(15)10-16-7-8-17-3/h5-6,9,12,16H,7-8,10-11H2,1-4H3. The first-order valence-corrected chi connectivity index (χ1v) is 6.66. The lowest BCUT2D eigenvalue weighted by atomic mass is 10.1. The highest BCUT2D eigenvalue weighted by atomic mass is 16.5. The van der Waals surface area contributed by atoms with E-state index < -0.39 is 0 Å². The van der Waals surface area contributed by atoms with Crippen LogP contribution in [0.1, 0.15) is 19.4 Å². The van der Waals surface area contributed by atoms with Gasteiger partial charge in [-0.15, -0.1) is 0 Å². The van der Waals surface area contributed by atoms with E-state index in [0.717, 1.165) is 36.8 Å². The molecule has 0 unspecified atom stereocenters. The lowest BCUT2D eigenvalue weighted by molar-refractivity contribution is 0.199. The first-order chi connectivity index (χ1) is 9.17. The summed E-state index contributed by atoms with van der Waals surface area (Å²) >= 11 is 0. The van der Waals surface area contributed by atoms with E-state index in [1.54, 1.807) is 14.2 Å². The van der Waals surface area contributed by atoms with Gasteiger partial charge in [0.25, 0.3) is 0 Å². The number of hydrogen-bond donors (Lipinski definition) is 1. The molecule has 0 saturated heterocycles. The number of methoxy groups -OCH3 is 2. The minimum absolute atomic E-state index is 0.511. The van der Waals surface area contributed by atoms with E-state index in [4.69, 9.17) is 14.2 Å². The molecule has 0 heterocycles. The molecular weight excluding hydrogens is 242 g/mol. The summed E-state index contributed by atoms with van der Waals surface area (Å²) in [6.45, 7) is 7.26. The average molecular weight is 267 g/mol. The highest BCUT2D eigenvalue weighted by Crippen LogP contribution is 2.24. The molecule has 1 rings (SSSR count). The molecule has 0 aliphatic heterocycles. The summed E-state index contributed by atoms with van der Waals surface area (Å²) in [5.74, 6) is 2.27. The smallest absolute Gasteiger partial charge is 0.124 e. The SMILES string of the molecule is COCCNCc1cc(OC)ccc1OCC(C)C. The maximum Gasteiger partial charge on any atom is 0.124 e. The number of rotatable bonds is 9. The minimum atomic E-state index is 0.511. The van der Waals surface area contributed by atoms with Crippen molar-refractivity contribution in [2.24, 2.45) is 5.92 Å². The van der Waals surface area contributed by atoms with E-state index >= 15 is 0 Å². The second-order valence-electron chi connectivity index (χ2n) is 4.85. The molecule has 4 heteroatoms. The molecule has 0 fully saturated rings. The van der Waals surface area contributed by atoms with Crippen LogP contribution in [-0.2, 0) is 11.3 Å². The van der Waals surface area contributed by atoms with Crippen LogP contribution in [0.2, 0.25) is 0 Å². The molecule has 0 atom stereocenters. The van der Waals surface area contributed by atoms with Gasteiger partial charge in [-0.3, -0.25) is 0 Å². The Labute approximate surface area is 116 Å². The fourth-order valence-corrected chi connectivity index (χ4v) is 1.62. The molecule has 1 aromatic rings. The number of ether oxygens (including phenoxy) is 3. The van der Waals surface area contributed by atoms with Crippen molar-refractivity contribution < 1.29 is 14.2 Å². The number of nitrogens with one attached hydrogen (secondary N) is 1. The van der Waals surface area contributed by atoms with Crippen LogP contribution in [0.4, 0.5) is 0 Å². The van der Waals surface area contributed by atoms with Gasteiger partial charge in [-0.25, -0.2) is 0 Å². The maximum absolute atomic E-state index is 5.83. The molecule has 0 aromatic heterocycles. The minimum Gasteiger partial charge on any atom is -0.497 e. The molecule has 0 bridgehead atoms. The van der Waals surface area contributed by atoms with Crippen LogP contribution >= 0.6 is 0 Å². The van der Waals surface area contributed by atoms with Gasteiger partial charge in [0.15, 0.2) is 0 Å². The second kappa shape index (κ2) is 8.77. The van der Waals surface area contributed by atoms with Crippen LogP contribution in [0.5, 0.6) is 11.5 Å². The van der Waals surface area contributed by atoms with Crippen molar-refractivity contribution in [3.05, 3.63) is 23.8 Å². The number of hydrogen-bond acceptors (Lipinski definition) is 4. The summed E-state index contributed by atoms with van der Waals surface area (Å²) in [6.07, 6.45) is 0. The third-order valence-electron chi connectivity index (χ3n) is 2.64. The molecule has 0 aliphatic carbocycles. The summed E-state index contributed by atoms with van der Waals surface area (Å²) < 4.78 is 16.1. The summed E-state index contributed by atoms with van der Waals surface area (Å²) in [5, 5.41) is 3.32. The highest BCUT2D eigenvalue weighted by molar-refractivity contribution is 5.40. The fourth-order valence-electron chi connectivity index (χ4n) is 1.62. The van der Waals surface area contributed by atoms with Crippen molar-refractivity contribution in [2.45, 2.75) is 20.4 Å². The zero-order valence-corrected chi connectivity index (χ0v) is 12.4. The van der Waals surface area contributed by atoms with Gasteiger partial charge in [0.2, 0.25) is 0 Å². The Morgan fingerprint density at radius 1 is 1.21 bits per heavy atom. The Morgan fingerprint density at radius 3 is 2.63 bits per heavy atom. The molecule has 1 N–H and O–H groups in total.